The van der Waals surface area contributed by atoms with Crippen LogP contribution in [0.2, 0.25) is 0 Å². The van der Waals surface area contributed by atoms with E-state index in [0.29, 0.717) is 6.61 Å². The summed E-state index contributed by atoms with van der Waals surface area (Å²) in [6.07, 6.45) is 1.47. The zero-order chi connectivity index (χ0) is 24.3. The number of ether oxygens (including phenoxy) is 1. The molecule has 4 aromatic rings. The lowest BCUT2D eigenvalue weighted by Crippen LogP contribution is -2.65. The molecule has 0 saturated carbocycles. The van der Waals surface area contributed by atoms with Gasteiger partial charge in [0.15, 0.2) is 6.10 Å². The number of hydrogen-bond acceptors (Lipinski definition) is 3. The molecular weight excluding hydrogens is 444 g/mol. The fourth-order valence-corrected chi connectivity index (χ4v) is 5.68. The molecule has 4 heteroatoms. The molecule has 4 atom stereocenters. The first kappa shape index (κ1) is 22.7. The summed E-state index contributed by atoms with van der Waals surface area (Å²) < 4.78 is 6.30. The highest BCUT2D eigenvalue weighted by atomic mass is 16.5. The van der Waals surface area contributed by atoms with Crippen molar-refractivity contribution >= 4 is 5.91 Å². The molecule has 0 N–H and O–H groups in total. The molecule has 2 aliphatic rings. The molecule has 4 aromatic carbocycles. The van der Waals surface area contributed by atoms with E-state index in [4.69, 9.17) is 4.74 Å². The van der Waals surface area contributed by atoms with Gasteiger partial charge in [0.25, 0.3) is 5.91 Å². The fourth-order valence-electron chi connectivity index (χ4n) is 5.68. The number of nitrogens with zero attached hydrogens (tertiary/aromatic N) is 2. The Hall–Kier alpha value is -3.73. The van der Waals surface area contributed by atoms with Crippen molar-refractivity contribution in [3.05, 3.63) is 144 Å². The first-order valence-electron chi connectivity index (χ1n) is 12.7. The summed E-state index contributed by atoms with van der Waals surface area (Å²) in [5.74, 6) is 0.0311. The molecule has 180 valence electrons. The van der Waals surface area contributed by atoms with Gasteiger partial charge in [0.05, 0.1) is 18.7 Å². The predicted molar refractivity (Wildman–Crippen MR) is 140 cm³/mol. The minimum absolute atomic E-state index is 0.0311. The number of benzene rings is 4. The Kier molecular flexibility index (Phi) is 6.37. The molecule has 2 fully saturated rings. The maximum atomic E-state index is 13.9. The topological polar surface area (TPSA) is 32.8 Å². The first-order valence-corrected chi connectivity index (χ1v) is 12.7. The summed E-state index contributed by atoms with van der Waals surface area (Å²) in [7, 11) is 0. The number of amides is 1. The molecule has 36 heavy (non-hydrogen) atoms. The number of carbonyl (C=O) groups is 1. The van der Waals surface area contributed by atoms with Crippen molar-refractivity contribution in [3.8, 4) is 0 Å². The van der Waals surface area contributed by atoms with Crippen molar-refractivity contribution in [2.24, 2.45) is 0 Å². The maximum absolute atomic E-state index is 13.9. The quantitative estimate of drug-likeness (QED) is 0.281. The van der Waals surface area contributed by atoms with Crippen LogP contribution >= 0.6 is 0 Å². The van der Waals surface area contributed by atoms with Crippen LogP contribution in [0.3, 0.4) is 0 Å². The van der Waals surface area contributed by atoms with Crippen LogP contribution in [-0.4, -0.2) is 22.0 Å². The second-order valence-electron chi connectivity index (χ2n) is 9.57. The van der Waals surface area contributed by atoms with Gasteiger partial charge in [-0.1, -0.05) is 121 Å². The molecule has 0 spiro atoms. The zero-order valence-corrected chi connectivity index (χ0v) is 20.2. The monoisotopic (exact) mass is 474 g/mol. The minimum Gasteiger partial charge on any atom is -0.361 e. The van der Waals surface area contributed by atoms with E-state index in [9.17, 15) is 4.79 Å². The summed E-state index contributed by atoms with van der Waals surface area (Å²) in [6.45, 7) is 0.415. The van der Waals surface area contributed by atoms with Crippen molar-refractivity contribution in [2.45, 2.75) is 43.7 Å². The predicted octanol–water partition coefficient (Wildman–Crippen LogP) is 6.65. The third kappa shape index (κ3) is 4.23. The zero-order valence-electron chi connectivity index (χ0n) is 20.2. The summed E-state index contributed by atoms with van der Waals surface area (Å²) in [5.41, 5.74) is 4.65. The highest BCUT2D eigenvalue weighted by Gasteiger charge is 2.56. The van der Waals surface area contributed by atoms with E-state index in [-0.39, 0.29) is 24.0 Å². The summed E-state index contributed by atoms with van der Waals surface area (Å²) in [4.78, 5) is 13.9. The van der Waals surface area contributed by atoms with Crippen molar-refractivity contribution in [3.63, 3.8) is 0 Å². The summed E-state index contributed by atoms with van der Waals surface area (Å²) in [6, 6.07) is 41.6. The third-order valence-electron chi connectivity index (χ3n) is 7.40. The molecule has 6 rings (SSSR count). The van der Waals surface area contributed by atoms with E-state index >= 15 is 0 Å². The van der Waals surface area contributed by atoms with E-state index in [2.05, 4.69) is 65.7 Å². The van der Waals surface area contributed by atoms with Crippen molar-refractivity contribution in [1.29, 1.82) is 0 Å². The second kappa shape index (κ2) is 10.1. The normalized spacial score (nSPS) is 24.0. The Bertz CT molecular complexity index is 1230. The van der Waals surface area contributed by atoms with Crippen LogP contribution in [0.1, 0.15) is 53.2 Å². The number of β-lactam (4-membered cyclic amide) rings is 1. The van der Waals surface area contributed by atoms with Crippen molar-refractivity contribution in [1.82, 2.24) is 10.0 Å². The van der Waals surface area contributed by atoms with Crippen LogP contribution in [0.4, 0.5) is 0 Å². The van der Waals surface area contributed by atoms with E-state index in [1.807, 2.05) is 65.7 Å². The van der Waals surface area contributed by atoms with Crippen molar-refractivity contribution < 1.29 is 9.53 Å². The molecule has 0 radical (unpaired) electrons. The number of hydrazine groups is 1. The van der Waals surface area contributed by atoms with Gasteiger partial charge >= 0.3 is 0 Å². The molecule has 0 unspecified atom stereocenters. The van der Waals surface area contributed by atoms with Gasteiger partial charge in [0.2, 0.25) is 0 Å². The molecule has 0 aromatic heterocycles. The molecule has 2 aliphatic heterocycles. The van der Waals surface area contributed by atoms with E-state index in [1.165, 1.54) is 11.1 Å². The van der Waals surface area contributed by atoms with Gasteiger partial charge in [-0.3, -0.25) is 9.80 Å². The highest BCUT2D eigenvalue weighted by molar-refractivity contribution is 5.88. The average Bonchev–Trinajstić information content (AvgIpc) is 3.38. The Labute approximate surface area is 212 Å². The van der Waals surface area contributed by atoms with E-state index in [1.54, 1.807) is 0 Å². The van der Waals surface area contributed by atoms with E-state index in [0.717, 1.165) is 24.0 Å². The lowest BCUT2D eigenvalue weighted by molar-refractivity contribution is -0.225. The maximum Gasteiger partial charge on any atom is 0.269 e. The molecule has 1 amide bonds. The van der Waals surface area contributed by atoms with Crippen LogP contribution in [0, 0.1) is 0 Å². The van der Waals surface area contributed by atoms with Crippen molar-refractivity contribution in [2.75, 3.05) is 0 Å². The largest absolute Gasteiger partial charge is 0.361 e. The standard InChI is InChI=1S/C32H30N2O2/c35-32-31(36-23-24-13-5-1-6-14-24)30(27-19-11-4-12-20-27)34(32)33-28(25-15-7-2-8-16-25)21-22-29(33)26-17-9-3-10-18-26/h1-20,28-31H,21-23H2/t28-,29-,30-,31+/m0/s1. The Balaban J connectivity index is 1.37. The fraction of sp³-hybridized carbons (Fsp3) is 0.219. The molecule has 0 aliphatic carbocycles. The Morgan fingerprint density at radius 2 is 1.06 bits per heavy atom. The number of rotatable bonds is 7. The van der Waals surface area contributed by atoms with Gasteiger partial charge in [-0.25, -0.2) is 5.01 Å². The van der Waals surface area contributed by atoms with Crippen LogP contribution in [0.15, 0.2) is 121 Å². The van der Waals surface area contributed by atoms with Gasteiger partial charge in [-0.2, -0.15) is 0 Å². The first-order chi connectivity index (χ1) is 17.8. The third-order valence-corrected chi connectivity index (χ3v) is 7.40. The van der Waals surface area contributed by atoms with Gasteiger partial charge in [0.1, 0.15) is 6.04 Å². The van der Waals surface area contributed by atoms with Crippen LogP contribution < -0.4 is 0 Å². The van der Waals surface area contributed by atoms with Gasteiger partial charge < -0.3 is 4.74 Å². The van der Waals surface area contributed by atoms with Crippen LogP contribution in [-0.2, 0) is 16.1 Å². The lowest BCUT2D eigenvalue weighted by Gasteiger charge is -2.54. The molecule has 2 heterocycles. The Morgan fingerprint density at radius 3 is 1.56 bits per heavy atom. The number of carbonyl (C=O) groups excluding carboxylic acids is 1. The summed E-state index contributed by atoms with van der Waals surface area (Å²) in [5, 5.41) is 4.33. The average molecular weight is 475 g/mol. The number of hydrogen-bond donors (Lipinski definition) is 0. The minimum atomic E-state index is -0.513. The lowest BCUT2D eigenvalue weighted by atomic mass is 9.91. The van der Waals surface area contributed by atoms with Crippen LogP contribution in [0.5, 0.6) is 0 Å². The molecule has 0 bridgehead atoms. The SMILES string of the molecule is O=C1[C@H](OCc2ccccc2)[C@H](c2ccccc2)N1N1[C@H](c2ccccc2)CC[C@H]1c1ccccc1. The van der Waals surface area contributed by atoms with Gasteiger partial charge in [-0.15, -0.1) is 0 Å². The smallest absolute Gasteiger partial charge is 0.269 e. The molecule has 2 saturated heterocycles. The van der Waals surface area contributed by atoms with E-state index < -0.39 is 6.10 Å². The Morgan fingerprint density at radius 1 is 0.611 bits per heavy atom. The van der Waals surface area contributed by atoms with Crippen LogP contribution in [0.25, 0.3) is 0 Å². The molecule has 4 nitrogen and oxygen atoms in total. The van der Waals surface area contributed by atoms with Gasteiger partial charge in [-0.05, 0) is 35.1 Å². The highest BCUT2D eigenvalue weighted by Crippen LogP contribution is 2.51. The van der Waals surface area contributed by atoms with Gasteiger partial charge in [0, 0.05) is 0 Å². The summed E-state index contributed by atoms with van der Waals surface area (Å²) >= 11 is 0. The second-order valence-corrected chi connectivity index (χ2v) is 9.57. The molecular formula is C32H30N2O2.